The van der Waals surface area contributed by atoms with Crippen LogP contribution in [0, 0.1) is 0 Å². The van der Waals surface area contributed by atoms with Crippen molar-refractivity contribution in [3.8, 4) is 11.5 Å². The van der Waals surface area contributed by atoms with Crippen molar-refractivity contribution in [2.75, 3.05) is 0 Å². The van der Waals surface area contributed by atoms with E-state index in [9.17, 15) is 0 Å². The van der Waals surface area contributed by atoms with Crippen molar-refractivity contribution in [1.29, 1.82) is 0 Å². The van der Waals surface area contributed by atoms with Crippen LogP contribution in [-0.4, -0.2) is 18.1 Å². The van der Waals surface area contributed by atoms with Crippen LogP contribution in [0.5, 0.6) is 11.5 Å². The van der Waals surface area contributed by atoms with Gasteiger partial charge in [0.1, 0.15) is 11.5 Å². The first kappa shape index (κ1) is 20.4. The molecule has 4 heteroatoms. The highest BCUT2D eigenvalue weighted by atomic mass is 28.3. The van der Waals surface area contributed by atoms with Crippen molar-refractivity contribution in [2.45, 2.75) is 38.5 Å². The van der Waals surface area contributed by atoms with Gasteiger partial charge < -0.3 is 8.85 Å². The molecule has 0 fully saturated rings. The normalized spacial score (nSPS) is 11.7. The molecular formula is C24H30O2Si2. The molecule has 0 heterocycles. The van der Waals surface area contributed by atoms with Crippen molar-refractivity contribution in [1.82, 2.24) is 0 Å². The summed E-state index contributed by atoms with van der Waals surface area (Å²) >= 11 is 0. The molecule has 0 aliphatic heterocycles. The molecule has 2 nitrogen and oxygen atoms in total. The first-order valence-electron chi connectivity index (χ1n) is 9.99. The molecule has 0 aliphatic rings. The van der Waals surface area contributed by atoms with E-state index in [2.05, 4.69) is 112 Å². The largest absolute Gasteiger partial charge is 0.547 e. The molecule has 28 heavy (non-hydrogen) atoms. The van der Waals surface area contributed by atoms with Gasteiger partial charge in [0, 0.05) is 5.41 Å². The highest BCUT2D eigenvalue weighted by Crippen LogP contribution is 2.39. The van der Waals surface area contributed by atoms with Gasteiger partial charge >= 0.3 is 0 Å². The molecule has 3 aromatic rings. The van der Waals surface area contributed by atoms with Gasteiger partial charge in [0.25, 0.3) is 0 Å². The van der Waals surface area contributed by atoms with E-state index in [0.29, 0.717) is 0 Å². The molecule has 146 valence electrons. The second-order valence-corrected chi connectivity index (χ2v) is 12.5. The molecule has 0 spiro atoms. The van der Waals surface area contributed by atoms with Crippen LogP contribution < -0.4 is 8.85 Å². The smallest absolute Gasteiger partial charge is 0.229 e. The van der Waals surface area contributed by atoms with Gasteiger partial charge in [-0.3, -0.25) is 0 Å². The Kier molecular flexibility index (Phi) is 6.42. The maximum Gasteiger partial charge on any atom is 0.229 e. The third-order valence-corrected chi connectivity index (χ3v) is 6.45. The Morgan fingerprint density at radius 3 is 1.25 bits per heavy atom. The van der Waals surface area contributed by atoms with E-state index in [1.54, 1.807) is 0 Å². The van der Waals surface area contributed by atoms with Crippen molar-refractivity contribution in [3.05, 3.63) is 95.6 Å². The monoisotopic (exact) mass is 406 g/mol. The van der Waals surface area contributed by atoms with E-state index in [1.165, 1.54) is 16.7 Å². The van der Waals surface area contributed by atoms with E-state index >= 15 is 0 Å². The van der Waals surface area contributed by atoms with Gasteiger partial charge in [-0.2, -0.15) is 0 Å². The van der Waals surface area contributed by atoms with Crippen LogP contribution in [0.4, 0.5) is 0 Å². The second kappa shape index (κ2) is 8.80. The Balaban J connectivity index is 2.04. The molecule has 0 radical (unpaired) electrons. The van der Waals surface area contributed by atoms with E-state index in [1.807, 2.05) is 0 Å². The molecule has 0 aliphatic carbocycles. The highest BCUT2D eigenvalue weighted by Gasteiger charge is 2.31. The lowest BCUT2D eigenvalue weighted by atomic mass is 9.71. The lowest BCUT2D eigenvalue weighted by Crippen LogP contribution is -2.25. The molecule has 0 unspecified atom stereocenters. The summed E-state index contributed by atoms with van der Waals surface area (Å²) in [6, 6.07) is 27.9. The Bertz CT molecular complexity index is 819. The van der Waals surface area contributed by atoms with E-state index in [-0.39, 0.29) is 5.41 Å². The van der Waals surface area contributed by atoms with Gasteiger partial charge in [-0.1, -0.05) is 54.6 Å². The summed E-state index contributed by atoms with van der Waals surface area (Å²) in [6.07, 6.45) is 0. The van der Waals surface area contributed by atoms with Crippen LogP contribution in [0.25, 0.3) is 0 Å². The molecule has 0 N–H and O–H groups in total. The predicted molar refractivity (Wildman–Crippen MR) is 124 cm³/mol. The average Bonchev–Trinajstić information content (AvgIpc) is 2.68. The Labute approximate surface area is 172 Å². The SMILES string of the molecule is C[SiH](C)Oc1ccc(C(C)(c2ccccc2)c2ccc(O[SiH](C)C)cc2)cc1. The molecular weight excluding hydrogens is 376 g/mol. The summed E-state index contributed by atoms with van der Waals surface area (Å²) in [5.74, 6) is 1.93. The summed E-state index contributed by atoms with van der Waals surface area (Å²) in [4.78, 5) is 0. The van der Waals surface area contributed by atoms with Crippen LogP contribution in [0.3, 0.4) is 0 Å². The van der Waals surface area contributed by atoms with Crippen LogP contribution in [-0.2, 0) is 5.41 Å². The third-order valence-electron chi connectivity index (χ3n) is 4.96. The van der Waals surface area contributed by atoms with Crippen LogP contribution in [0.2, 0.25) is 26.2 Å². The first-order chi connectivity index (χ1) is 13.4. The van der Waals surface area contributed by atoms with E-state index in [0.717, 1.165) is 11.5 Å². The molecule has 0 aromatic heterocycles. The summed E-state index contributed by atoms with van der Waals surface area (Å²) in [5.41, 5.74) is 3.53. The topological polar surface area (TPSA) is 18.5 Å². The van der Waals surface area contributed by atoms with Crippen molar-refractivity contribution in [3.63, 3.8) is 0 Å². The lowest BCUT2D eigenvalue weighted by molar-refractivity contribution is 0.577. The minimum atomic E-state index is -1.10. The van der Waals surface area contributed by atoms with Gasteiger partial charge in [-0.25, -0.2) is 0 Å². The standard InChI is InChI=1S/C24H30O2Si2/c1-24(19-9-7-6-8-10-19,20-11-15-22(16-12-20)25-27(2)3)21-13-17-23(18-14-21)26-28(4)5/h6-18,27-28H,1-5H3. The molecule has 0 saturated carbocycles. The van der Waals surface area contributed by atoms with Crippen molar-refractivity contribution in [2.24, 2.45) is 0 Å². The second-order valence-electron chi connectivity index (χ2n) is 7.87. The summed E-state index contributed by atoms with van der Waals surface area (Å²) in [6.45, 7) is 11.0. The lowest BCUT2D eigenvalue weighted by Gasteiger charge is -2.32. The molecule has 0 saturated heterocycles. The summed E-state index contributed by atoms with van der Waals surface area (Å²) < 4.78 is 11.9. The number of hydrogen-bond donors (Lipinski definition) is 0. The summed E-state index contributed by atoms with van der Waals surface area (Å²) in [5, 5.41) is 0. The molecule has 0 amide bonds. The predicted octanol–water partition coefficient (Wildman–Crippen LogP) is 5.77. The fraction of sp³-hybridized carbons (Fsp3) is 0.250. The third kappa shape index (κ3) is 4.57. The van der Waals surface area contributed by atoms with Crippen molar-refractivity contribution >= 4 is 18.1 Å². The van der Waals surface area contributed by atoms with Gasteiger partial charge in [0.05, 0.1) is 0 Å². The first-order valence-corrected chi connectivity index (χ1v) is 15.6. The van der Waals surface area contributed by atoms with Crippen LogP contribution >= 0.6 is 0 Å². The Morgan fingerprint density at radius 2 is 0.893 bits per heavy atom. The average molecular weight is 407 g/mol. The van der Waals surface area contributed by atoms with Gasteiger partial charge in [0.15, 0.2) is 0 Å². The minimum absolute atomic E-state index is 0.247. The number of hydrogen-bond acceptors (Lipinski definition) is 2. The minimum Gasteiger partial charge on any atom is -0.547 e. The Morgan fingerprint density at radius 1 is 0.536 bits per heavy atom. The zero-order valence-electron chi connectivity index (χ0n) is 17.5. The van der Waals surface area contributed by atoms with E-state index in [4.69, 9.17) is 8.85 Å². The molecule has 3 aromatic carbocycles. The van der Waals surface area contributed by atoms with E-state index < -0.39 is 18.1 Å². The quantitative estimate of drug-likeness (QED) is 0.366. The fourth-order valence-electron chi connectivity index (χ4n) is 3.55. The molecule has 3 rings (SSSR count). The zero-order chi connectivity index (χ0) is 20.1. The summed E-state index contributed by atoms with van der Waals surface area (Å²) in [7, 11) is -2.20. The maximum absolute atomic E-state index is 5.97. The van der Waals surface area contributed by atoms with Crippen LogP contribution in [0.1, 0.15) is 23.6 Å². The molecule has 0 atom stereocenters. The van der Waals surface area contributed by atoms with Crippen LogP contribution in [0.15, 0.2) is 78.9 Å². The van der Waals surface area contributed by atoms with Gasteiger partial charge in [0.2, 0.25) is 18.1 Å². The zero-order valence-corrected chi connectivity index (χ0v) is 19.8. The van der Waals surface area contributed by atoms with Gasteiger partial charge in [-0.05, 0) is 74.1 Å². The van der Waals surface area contributed by atoms with Gasteiger partial charge in [-0.15, -0.1) is 0 Å². The number of rotatable bonds is 7. The highest BCUT2D eigenvalue weighted by molar-refractivity contribution is 6.49. The molecule has 0 bridgehead atoms. The van der Waals surface area contributed by atoms with Crippen molar-refractivity contribution < 1.29 is 8.85 Å². The fourth-order valence-corrected chi connectivity index (χ4v) is 4.95. The number of benzene rings is 3. The Hall–Kier alpha value is -2.31. The maximum atomic E-state index is 5.97.